The second-order valence-electron chi connectivity index (χ2n) is 4.90. The third-order valence-corrected chi connectivity index (χ3v) is 3.06. The zero-order chi connectivity index (χ0) is 11.5. The van der Waals surface area contributed by atoms with Crippen LogP contribution < -0.4 is 10.6 Å². The summed E-state index contributed by atoms with van der Waals surface area (Å²) in [5, 5.41) is 0. The molecular weight excluding hydrogens is 200 g/mol. The van der Waals surface area contributed by atoms with Crippen molar-refractivity contribution in [1.82, 2.24) is 9.97 Å². The van der Waals surface area contributed by atoms with Crippen LogP contribution in [0.3, 0.4) is 0 Å². The number of hydrogen-bond donors (Lipinski definition) is 1. The van der Waals surface area contributed by atoms with Gasteiger partial charge >= 0.3 is 0 Å². The van der Waals surface area contributed by atoms with Gasteiger partial charge in [0, 0.05) is 25.8 Å². The van der Waals surface area contributed by atoms with Crippen LogP contribution in [0, 0.1) is 11.8 Å². The molecule has 2 atom stereocenters. The maximum atomic E-state index is 5.59. The van der Waals surface area contributed by atoms with Gasteiger partial charge in [-0.3, -0.25) is 0 Å². The number of nitrogens with zero attached hydrogens (tertiary/aromatic N) is 3. The first-order valence-electron chi connectivity index (χ1n) is 5.96. The zero-order valence-corrected chi connectivity index (χ0v) is 10.1. The van der Waals surface area contributed by atoms with Gasteiger partial charge in [0.05, 0.1) is 5.69 Å². The standard InChI is InChI=1S/C12H20N4/c1-9-5-10(2)8-16(7-9)12-14-4-3-11(6-13)15-12/h3-4,9-10H,5-8,13H2,1-2H3. The fourth-order valence-corrected chi connectivity index (χ4v) is 2.48. The molecule has 0 spiro atoms. The molecule has 1 aromatic heterocycles. The monoisotopic (exact) mass is 220 g/mol. The van der Waals surface area contributed by atoms with Crippen LogP contribution in [-0.2, 0) is 6.54 Å². The SMILES string of the molecule is CC1CC(C)CN(c2nccc(CN)n2)C1. The number of rotatable bonds is 2. The molecule has 2 rings (SSSR count). The minimum Gasteiger partial charge on any atom is -0.340 e. The summed E-state index contributed by atoms with van der Waals surface area (Å²) < 4.78 is 0. The number of hydrogen-bond acceptors (Lipinski definition) is 4. The molecule has 0 saturated carbocycles. The van der Waals surface area contributed by atoms with Gasteiger partial charge in [-0.05, 0) is 24.3 Å². The minimum absolute atomic E-state index is 0.481. The Labute approximate surface area is 96.9 Å². The summed E-state index contributed by atoms with van der Waals surface area (Å²) in [6, 6.07) is 1.88. The molecule has 2 unspecified atom stereocenters. The molecule has 1 aliphatic heterocycles. The average Bonchev–Trinajstić information content (AvgIpc) is 2.28. The molecule has 0 bridgehead atoms. The molecule has 0 aliphatic carbocycles. The molecule has 88 valence electrons. The zero-order valence-electron chi connectivity index (χ0n) is 10.1. The van der Waals surface area contributed by atoms with Crippen molar-refractivity contribution in [3.05, 3.63) is 18.0 Å². The molecule has 1 aromatic rings. The Morgan fingerprint density at radius 2 is 2.06 bits per heavy atom. The number of anilines is 1. The molecule has 2 N–H and O–H groups in total. The fraction of sp³-hybridized carbons (Fsp3) is 0.667. The Morgan fingerprint density at radius 3 is 2.69 bits per heavy atom. The van der Waals surface area contributed by atoms with Crippen LogP contribution in [0.15, 0.2) is 12.3 Å². The second kappa shape index (κ2) is 4.78. The van der Waals surface area contributed by atoms with E-state index >= 15 is 0 Å². The quantitative estimate of drug-likeness (QED) is 0.819. The molecule has 0 aromatic carbocycles. The lowest BCUT2D eigenvalue weighted by atomic mass is 9.92. The van der Waals surface area contributed by atoms with E-state index in [0.717, 1.165) is 24.7 Å². The Morgan fingerprint density at radius 1 is 1.38 bits per heavy atom. The van der Waals surface area contributed by atoms with E-state index in [1.54, 1.807) is 6.20 Å². The Bertz CT molecular complexity index is 343. The normalized spacial score (nSPS) is 25.8. The first kappa shape index (κ1) is 11.3. The smallest absolute Gasteiger partial charge is 0.225 e. The first-order valence-corrected chi connectivity index (χ1v) is 5.96. The first-order chi connectivity index (χ1) is 7.69. The lowest BCUT2D eigenvalue weighted by Gasteiger charge is -2.35. The Kier molecular flexibility index (Phi) is 3.39. The lowest BCUT2D eigenvalue weighted by Crippen LogP contribution is -2.39. The van der Waals surface area contributed by atoms with E-state index in [-0.39, 0.29) is 0 Å². The molecule has 1 aliphatic rings. The van der Waals surface area contributed by atoms with Gasteiger partial charge in [-0.1, -0.05) is 13.8 Å². The molecule has 4 heteroatoms. The van der Waals surface area contributed by atoms with Gasteiger partial charge in [0.1, 0.15) is 0 Å². The van der Waals surface area contributed by atoms with Gasteiger partial charge in [0.2, 0.25) is 5.95 Å². The highest BCUT2D eigenvalue weighted by Crippen LogP contribution is 2.23. The number of nitrogens with two attached hydrogens (primary N) is 1. The van der Waals surface area contributed by atoms with Crippen molar-refractivity contribution in [2.45, 2.75) is 26.8 Å². The third-order valence-electron chi connectivity index (χ3n) is 3.06. The molecular formula is C12H20N4. The summed E-state index contributed by atoms with van der Waals surface area (Å²) in [4.78, 5) is 11.1. The highest BCUT2D eigenvalue weighted by atomic mass is 15.3. The van der Waals surface area contributed by atoms with Gasteiger partial charge in [-0.15, -0.1) is 0 Å². The number of piperidine rings is 1. The van der Waals surface area contributed by atoms with Crippen molar-refractivity contribution in [3.63, 3.8) is 0 Å². The number of aromatic nitrogens is 2. The predicted octanol–water partition coefficient (Wildman–Crippen LogP) is 1.42. The molecule has 16 heavy (non-hydrogen) atoms. The summed E-state index contributed by atoms with van der Waals surface area (Å²) in [7, 11) is 0. The van der Waals surface area contributed by atoms with E-state index in [1.807, 2.05) is 6.07 Å². The predicted molar refractivity (Wildman–Crippen MR) is 65.1 cm³/mol. The molecule has 1 saturated heterocycles. The summed E-state index contributed by atoms with van der Waals surface area (Å²) in [6.07, 6.45) is 3.10. The van der Waals surface area contributed by atoms with Crippen molar-refractivity contribution in [2.75, 3.05) is 18.0 Å². The van der Waals surface area contributed by atoms with Gasteiger partial charge in [0.25, 0.3) is 0 Å². The van der Waals surface area contributed by atoms with E-state index in [0.29, 0.717) is 18.4 Å². The van der Waals surface area contributed by atoms with Crippen molar-refractivity contribution in [3.8, 4) is 0 Å². The van der Waals surface area contributed by atoms with Crippen LogP contribution in [0.25, 0.3) is 0 Å². The topological polar surface area (TPSA) is 55.0 Å². The van der Waals surface area contributed by atoms with Crippen LogP contribution in [0.1, 0.15) is 26.0 Å². The Hall–Kier alpha value is -1.16. The molecule has 4 nitrogen and oxygen atoms in total. The van der Waals surface area contributed by atoms with Crippen molar-refractivity contribution in [2.24, 2.45) is 17.6 Å². The fourth-order valence-electron chi connectivity index (χ4n) is 2.48. The highest BCUT2D eigenvalue weighted by Gasteiger charge is 2.23. The maximum Gasteiger partial charge on any atom is 0.225 e. The van der Waals surface area contributed by atoms with Gasteiger partial charge < -0.3 is 10.6 Å². The van der Waals surface area contributed by atoms with Gasteiger partial charge in [-0.2, -0.15) is 0 Å². The van der Waals surface area contributed by atoms with Gasteiger partial charge in [-0.25, -0.2) is 9.97 Å². The maximum absolute atomic E-state index is 5.59. The third kappa shape index (κ3) is 2.50. The molecule has 0 radical (unpaired) electrons. The summed E-state index contributed by atoms with van der Waals surface area (Å²) in [6.45, 7) is 7.16. The van der Waals surface area contributed by atoms with E-state index in [9.17, 15) is 0 Å². The van der Waals surface area contributed by atoms with E-state index in [2.05, 4.69) is 28.7 Å². The average molecular weight is 220 g/mol. The molecule has 1 fully saturated rings. The van der Waals surface area contributed by atoms with Crippen LogP contribution in [0.5, 0.6) is 0 Å². The van der Waals surface area contributed by atoms with E-state index in [4.69, 9.17) is 5.73 Å². The largest absolute Gasteiger partial charge is 0.340 e. The van der Waals surface area contributed by atoms with Crippen molar-refractivity contribution in [1.29, 1.82) is 0 Å². The molecule has 0 amide bonds. The lowest BCUT2D eigenvalue weighted by molar-refractivity contribution is 0.353. The second-order valence-corrected chi connectivity index (χ2v) is 4.90. The highest BCUT2D eigenvalue weighted by molar-refractivity contribution is 5.31. The summed E-state index contributed by atoms with van der Waals surface area (Å²) in [5.74, 6) is 2.27. The van der Waals surface area contributed by atoms with E-state index < -0.39 is 0 Å². The van der Waals surface area contributed by atoms with Crippen LogP contribution in [0.4, 0.5) is 5.95 Å². The van der Waals surface area contributed by atoms with Crippen LogP contribution >= 0.6 is 0 Å². The van der Waals surface area contributed by atoms with Gasteiger partial charge in [0.15, 0.2) is 0 Å². The molecule has 2 heterocycles. The van der Waals surface area contributed by atoms with Crippen LogP contribution in [-0.4, -0.2) is 23.1 Å². The van der Waals surface area contributed by atoms with Crippen LogP contribution in [0.2, 0.25) is 0 Å². The Balaban J connectivity index is 2.16. The van der Waals surface area contributed by atoms with E-state index in [1.165, 1.54) is 6.42 Å². The summed E-state index contributed by atoms with van der Waals surface area (Å²) in [5.41, 5.74) is 6.51. The summed E-state index contributed by atoms with van der Waals surface area (Å²) >= 11 is 0. The van der Waals surface area contributed by atoms with Crippen molar-refractivity contribution >= 4 is 5.95 Å². The minimum atomic E-state index is 0.481. The van der Waals surface area contributed by atoms with Crippen molar-refractivity contribution < 1.29 is 0 Å².